The number of nitrogens with zero attached hydrogens (tertiary/aromatic N) is 1. The summed E-state index contributed by atoms with van der Waals surface area (Å²) in [5, 5.41) is 7.57. The molecular formula is C18H16N2O3. The molecule has 23 heavy (non-hydrogen) atoms. The van der Waals surface area contributed by atoms with Gasteiger partial charge in [-0.05, 0) is 38.1 Å². The number of hydrogen-bond acceptors (Lipinski definition) is 4. The van der Waals surface area contributed by atoms with Crippen molar-refractivity contribution < 1.29 is 14.1 Å². The molecule has 0 aliphatic rings. The Labute approximate surface area is 133 Å². The van der Waals surface area contributed by atoms with Gasteiger partial charge in [0.05, 0.1) is 12.1 Å². The minimum atomic E-state index is -0.240. The number of fused-ring (bicyclic) bond motifs is 1. The second-order valence-corrected chi connectivity index (χ2v) is 5.46. The zero-order valence-electron chi connectivity index (χ0n) is 12.9. The van der Waals surface area contributed by atoms with Crippen molar-refractivity contribution in [3.63, 3.8) is 0 Å². The van der Waals surface area contributed by atoms with E-state index in [4.69, 9.17) is 4.52 Å². The molecule has 0 saturated carbocycles. The van der Waals surface area contributed by atoms with Crippen molar-refractivity contribution in [2.75, 3.05) is 5.32 Å². The summed E-state index contributed by atoms with van der Waals surface area (Å²) >= 11 is 0. The summed E-state index contributed by atoms with van der Waals surface area (Å²) in [4.78, 5) is 23.9. The maximum absolute atomic E-state index is 12.3. The Morgan fingerprint density at radius 2 is 1.96 bits per heavy atom. The molecule has 0 radical (unpaired) electrons. The second kappa shape index (κ2) is 6.04. The van der Waals surface area contributed by atoms with Crippen LogP contribution < -0.4 is 5.32 Å². The van der Waals surface area contributed by atoms with Crippen LogP contribution in [0.25, 0.3) is 11.0 Å². The largest absolute Gasteiger partial charge is 0.356 e. The fourth-order valence-corrected chi connectivity index (χ4v) is 2.48. The number of aromatic nitrogens is 1. The molecule has 1 N–H and O–H groups in total. The number of ketones is 1. The summed E-state index contributed by atoms with van der Waals surface area (Å²) in [6.07, 6.45) is 0.0860. The Morgan fingerprint density at radius 3 is 2.74 bits per heavy atom. The monoisotopic (exact) mass is 308 g/mol. The van der Waals surface area contributed by atoms with E-state index in [1.165, 1.54) is 6.92 Å². The molecule has 0 atom stereocenters. The fraction of sp³-hybridized carbons (Fsp3) is 0.167. The minimum absolute atomic E-state index is 0.0860. The van der Waals surface area contributed by atoms with Gasteiger partial charge in [-0.2, -0.15) is 0 Å². The van der Waals surface area contributed by atoms with Crippen LogP contribution in [-0.4, -0.2) is 16.8 Å². The van der Waals surface area contributed by atoms with E-state index >= 15 is 0 Å². The van der Waals surface area contributed by atoms with Crippen molar-refractivity contribution in [3.05, 3.63) is 59.3 Å². The highest BCUT2D eigenvalue weighted by atomic mass is 16.5. The molecule has 1 heterocycles. The molecule has 3 rings (SSSR count). The predicted octanol–water partition coefficient (Wildman–Crippen LogP) is 3.52. The predicted molar refractivity (Wildman–Crippen MR) is 87.5 cm³/mol. The Kier molecular flexibility index (Phi) is 3.93. The number of carbonyl (C=O) groups excluding carboxylic acids is 2. The molecule has 3 aromatic rings. The second-order valence-electron chi connectivity index (χ2n) is 5.46. The summed E-state index contributed by atoms with van der Waals surface area (Å²) in [5.74, 6) is -0.334. The van der Waals surface area contributed by atoms with Gasteiger partial charge in [0.2, 0.25) is 5.91 Å². The third-order valence-corrected chi connectivity index (χ3v) is 3.61. The number of Topliss-reactive ketones (excluding diaryl/α,β-unsaturated/α-hetero) is 1. The molecule has 0 unspecified atom stereocenters. The Balaban J connectivity index is 1.82. The van der Waals surface area contributed by atoms with Gasteiger partial charge in [0.1, 0.15) is 5.69 Å². The maximum Gasteiger partial charge on any atom is 0.230 e. The van der Waals surface area contributed by atoms with Gasteiger partial charge in [-0.25, -0.2) is 0 Å². The quantitative estimate of drug-likeness (QED) is 0.748. The average Bonchev–Trinajstić information content (AvgIpc) is 2.90. The van der Waals surface area contributed by atoms with Crippen LogP contribution in [0.5, 0.6) is 0 Å². The summed E-state index contributed by atoms with van der Waals surface area (Å²) in [6.45, 7) is 3.44. The highest BCUT2D eigenvalue weighted by molar-refractivity contribution is 6.04. The van der Waals surface area contributed by atoms with Gasteiger partial charge in [0.15, 0.2) is 11.4 Å². The molecular weight excluding hydrogens is 292 g/mol. The number of hydrogen-bond donors (Lipinski definition) is 1. The molecule has 0 spiro atoms. The summed E-state index contributed by atoms with van der Waals surface area (Å²) in [7, 11) is 0. The van der Waals surface area contributed by atoms with E-state index in [-0.39, 0.29) is 18.1 Å². The van der Waals surface area contributed by atoms with E-state index in [1.54, 1.807) is 24.3 Å². The van der Waals surface area contributed by atoms with Crippen LogP contribution >= 0.6 is 0 Å². The third-order valence-electron chi connectivity index (χ3n) is 3.61. The number of rotatable bonds is 4. The molecule has 5 heteroatoms. The normalized spacial score (nSPS) is 10.7. The van der Waals surface area contributed by atoms with Crippen molar-refractivity contribution in [1.29, 1.82) is 0 Å². The zero-order valence-corrected chi connectivity index (χ0v) is 12.9. The number of nitrogens with one attached hydrogen (secondary N) is 1. The van der Waals surface area contributed by atoms with E-state index < -0.39 is 0 Å². The van der Waals surface area contributed by atoms with Gasteiger partial charge in [0, 0.05) is 10.9 Å². The molecule has 1 amide bonds. The van der Waals surface area contributed by atoms with Crippen molar-refractivity contribution in [2.45, 2.75) is 20.3 Å². The van der Waals surface area contributed by atoms with E-state index in [0.717, 1.165) is 10.9 Å². The fourth-order valence-electron chi connectivity index (χ4n) is 2.48. The average molecular weight is 308 g/mol. The smallest absolute Gasteiger partial charge is 0.230 e. The molecule has 0 saturated heterocycles. The number of carbonyl (C=O) groups is 2. The third kappa shape index (κ3) is 3.13. The Bertz CT molecular complexity index is 896. The van der Waals surface area contributed by atoms with Gasteiger partial charge in [-0.15, -0.1) is 0 Å². The lowest BCUT2D eigenvalue weighted by Gasteiger charge is -2.08. The Hall–Kier alpha value is -2.95. The van der Waals surface area contributed by atoms with Crippen LogP contribution in [-0.2, 0) is 11.2 Å². The molecule has 5 nitrogen and oxygen atoms in total. The first kappa shape index (κ1) is 15.0. The van der Waals surface area contributed by atoms with Crippen LogP contribution in [0.4, 0.5) is 5.69 Å². The first-order valence-electron chi connectivity index (χ1n) is 7.29. The van der Waals surface area contributed by atoms with Gasteiger partial charge in [-0.3, -0.25) is 9.59 Å². The minimum Gasteiger partial charge on any atom is -0.356 e. The SMILES string of the molecule is CC(=O)c1ccccc1NC(=O)Cc1noc2ccc(C)cc12. The van der Waals surface area contributed by atoms with Crippen molar-refractivity contribution in [2.24, 2.45) is 0 Å². The molecule has 0 bridgehead atoms. The number of aryl methyl sites for hydroxylation is 1. The highest BCUT2D eigenvalue weighted by Gasteiger charge is 2.14. The van der Waals surface area contributed by atoms with Crippen LogP contribution in [0.3, 0.4) is 0 Å². The zero-order chi connectivity index (χ0) is 16.4. The number of anilines is 1. The van der Waals surface area contributed by atoms with Crippen molar-refractivity contribution in [1.82, 2.24) is 5.16 Å². The van der Waals surface area contributed by atoms with Crippen LogP contribution in [0.2, 0.25) is 0 Å². The summed E-state index contributed by atoms with van der Waals surface area (Å²) in [5.41, 5.74) is 3.31. The van der Waals surface area contributed by atoms with Crippen molar-refractivity contribution >= 4 is 28.3 Å². The first-order valence-corrected chi connectivity index (χ1v) is 7.29. The Morgan fingerprint density at radius 1 is 1.17 bits per heavy atom. The van der Waals surface area contributed by atoms with Crippen LogP contribution in [0.15, 0.2) is 47.0 Å². The number of para-hydroxylation sites is 1. The van der Waals surface area contributed by atoms with Gasteiger partial charge in [-0.1, -0.05) is 28.9 Å². The molecule has 0 fully saturated rings. The molecule has 0 aliphatic carbocycles. The molecule has 1 aromatic heterocycles. The summed E-state index contributed by atoms with van der Waals surface area (Å²) in [6, 6.07) is 12.6. The first-order chi connectivity index (χ1) is 11.0. The van der Waals surface area contributed by atoms with E-state index in [2.05, 4.69) is 10.5 Å². The van der Waals surface area contributed by atoms with Crippen molar-refractivity contribution in [3.8, 4) is 0 Å². The van der Waals surface area contributed by atoms with Crippen LogP contribution in [0.1, 0.15) is 28.5 Å². The van der Waals surface area contributed by atoms with Gasteiger partial charge >= 0.3 is 0 Å². The highest BCUT2D eigenvalue weighted by Crippen LogP contribution is 2.21. The number of benzene rings is 2. The number of amides is 1. The lowest BCUT2D eigenvalue weighted by molar-refractivity contribution is -0.115. The van der Waals surface area contributed by atoms with Crippen LogP contribution in [0, 0.1) is 6.92 Å². The van der Waals surface area contributed by atoms with E-state index in [0.29, 0.717) is 22.5 Å². The van der Waals surface area contributed by atoms with Gasteiger partial charge < -0.3 is 9.84 Å². The molecule has 2 aromatic carbocycles. The topological polar surface area (TPSA) is 72.2 Å². The van der Waals surface area contributed by atoms with E-state index in [9.17, 15) is 9.59 Å². The van der Waals surface area contributed by atoms with E-state index in [1.807, 2.05) is 25.1 Å². The van der Waals surface area contributed by atoms with Gasteiger partial charge in [0.25, 0.3) is 0 Å². The maximum atomic E-state index is 12.3. The molecule has 0 aliphatic heterocycles. The lowest BCUT2D eigenvalue weighted by atomic mass is 10.1. The standard InChI is InChI=1S/C18H16N2O3/c1-11-7-8-17-14(9-11)16(20-23-17)10-18(22)19-15-6-4-3-5-13(15)12(2)21/h3-9H,10H2,1-2H3,(H,19,22). The lowest BCUT2D eigenvalue weighted by Crippen LogP contribution is -2.16. The summed E-state index contributed by atoms with van der Waals surface area (Å²) < 4.78 is 5.23. The molecule has 116 valence electrons.